The van der Waals surface area contributed by atoms with E-state index in [9.17, 15) is 4.79 Å². The van der Waals surface area contributed by atoms with Crippen LogP contribution in [0.2, 0.25) is 0 Å². The van der Waals surface area contributed by atoms with Crippen molar-refractivity contribution in [3.05, 3.63) is 35.9 Å². The number of amides is 1. The molecule has 2 fully saturated rings. The topological polar surface area (TPSA) is 35.6 Å². The number of hydrogen-bond acceptors (Lipinski definition) is 3. The maximum absolute atomic E-state index is 12.4. The molecule has 2 aliphatic heterocycles. The van der Waals surface area contributed by atoms with E-state index in [0.717, 1.165) is 39.3 Å². The SMILES string of the molecule is O=C1[C@H]2CNCCN2CCN1Cc1ccccc1. The number of carbonyl (C=O) groups is 1. The summed E-state index contributed by atoms with van der Waals surface area (Å²) in [7, 11) is 0. The van der Waals surface area contributed by atoms with Crippen LogP contribution in [-0.2, 0) is 11.3 Å². The van der Waals surface area contributed by atoms with Crippen molar-refractivity contribution >= 4 is 5.91 Å². The molecule has 0 unspecified atom stereocenters. The van der Waals surface area contributed by atoms with Gasteiger partial charge in [0.2, 0.25) is 5.91 Å². The summed E-state index contributed by atoms with van der Waals surface area (Å²) in [5.41, 5.74) is 1.21. The lowest BCUT2D eigenvalue weighted by Crippen LogP contribution is -2.63. The molecule has 2 aliphatic rings. The quantitative estimate of drug-likeness (QED) is 0.814. The summed E-state index contributed by atoms with van der Waals surface area (Å²) in [6, 6.07) is 10.3. The van der Waals surface area contributed by atoms with Crippen LogP contribution < -0.4 is 5.32 Å². The minimum atomic E-state index is 0.0520. The summed E-state index contributed by atoms with van der Waals surface area (Å²) in [5.74, 6) is 0.275. The highest BCUT2D eigenvalue weighted by Crippen LogP contribution is 2.15. The standard InChI is InChI=1S/C14H19N3O/c18-14-13-10-15-6-7-16(13)8-9-17(14)11-12-4-2-1-3-5-12/h1-5,13,15H,6-11H2/t13-/m1/s1. The number of piperazine rings is 2. The van der Waals surface area contributed by atoms with E-state index in [0.29, 0.717) is 0 Å². The fraction of sp³-hybridized carbons (Fsp3) is 0.500. The number of nitrogens with one attached hydrogen (secondary N) is 1. The van der Waals surface area contributed by atoms with Crippen molar-refractivity contribution in [2.24, 2.45) is 0 Å². The Morgan fingerprint density at radius 1 is 1.17 bits per heavy atom. The summed E-state index contributed by atoms with van der Waals surface area (Å²) < 4.78 is 0. The number of carbonyl (C=O) groups excluding carboxylic acids is 1. The Balaban J connectivity index is 1.69. The largest absolute Gasteiger partial charge is 0.336 e. The Hall–Kier alpha value is -1.39. The Bertz CT molecular complexity index is 420. The number of nitrogens with zero attached hydrogens (tertiary/aromatic N) is 2. The zero-order chi connectivity index (χ0) is 12.4. The lowest BCUT2D eigenvalue weighted by atomic mass is 10.1. The third kappa shape index (κ3) is 2.26. The van der Waals surface area contributed by atoms with Crippen LogP contribution in [0.15, 0.2) is 30.3 Å². The maximum atomic E-state index is 12.4. The van der Waals surface area contributed by atoms with Gasteiger partial charge in [0.05, 0.1) is 0 Å². The second kappa shape index (κ2) is 5.08. The zero-order valence-corrected chi connectivity index (χ0v) is 10.5. The lowest BCUT2D eigenvalue weighted by molar-refractivity contribution is -0.143. The molecule has 1 amide bonds. The first-order valence-electron chi connectivity index (χ1n) is 6.62. The first-order chi connectivity index (χ1) is 8.84. The fourth-order valence-electron chi connectivity index (χ4n) is 2.79. The van der Waals surface area contributed by atoms with Crippen LogP contribution in [0.4, 0.5) is 0 Å². The van der Waals surface area contributed by atoms with E-state index < -0.39 is 0 Å². The Morgan fingerprint density at radius 3 is 2.83 bits per heavy atom. The summed E-state index contributed by atoms with van der Waals surface area (Å²) in [6.45, 7) is 5.39. The van der Waals surface area contributed by atoms with E-state index in [4.69, 9.17) is 0 Å². The molecular weight excluding hydrogens is 226 g/mol. The van der Waals surface area contributed by atoms with Crippen molar-refractivity contribution in [1.82, 2.24) is 15.1 Å². The first kappa shape index (κ1) is 11.7. The third-order valence-corrected chi connectivity index (χ3v) is 3.82. The maximum Gasteiger partial charge on any atom is 0.241 e. The fourth-order valence-corrected chi connectivity index (χ4v) is 2.79. The molecule has 4 nitrogen and oxygen atoms in total. The van der Waals surface area contributed by atoms with Crippen LogP contribution in [0.25, 0.3) is 0 Å². The highest BCUT2D eigenvalue weighted by Gasteiger charge is 2.35. The molecule has 1 atom stereocenters. The Labute approximate surface area is 108 Å². The van der Waals surface area contributed by atoms with Crippen molar-refractivity contribution in [2.75, 3.05) is 32.7 Å². The molecule has 18 heavy (non-hydrogen) atoms. The Morgan fingerprint density at radius 2 is 2.00 bits per heavy atom. The van der Waals surface area contributed by atoms with Crippen molar-refractivity contribution in [1.29, 1.82) is 0 Å². The van der Waals surface area contributed by atoms with E-state index in [1.165, 1.54) is 5.56 Å². The molecule has 2 heterocycles. The van der Waals surface area contributed by atoms with Gasteiger partial charge in [-0.05, 0) is 5.56 Å². The second-order valence-corrected chi connectivity index (χ2v) is 5.00. The summed E-state index contributed by atoms with van der Waals surface area (Å²) in [4.78, 5) is 16.7. The van der Waals surface area contributed by atoms with Gasteiger partial charge < -0.3 is 10.2 Å². The molecule has 96 valence electrons. The Kier molecular flexibility index (Phi) is 3.30. The lowest BCUT2D eigenvalue weighted by Gasteiger charge is -2.43. The van der Waals surface area contributed by atoms with Gasteiger partial charge in [-0.2, -0.15) is 0 Å². The van der Waals surface area contributed by atoms with Crippen molar-refractivity contribution < 1.29 is 4.79 Å². The number of fused-ring (bicyclic) bond motifs is 1. The third-order valence-electron chi connectivity index (χ3n) is 3.82. The summed E-state index contributed by atoms with van der Waals surface area (Å²) in [5, 5.41) is 3.31. The molecule has 1 aromatic rings. The van der Waals surface area contributed by atoms with Crippen LogP contribution in [0.5, 0.6) is 0 Å². The minimum absolute atomic E-state index is 0.0520. The predicted molar refractivity (Wildman–Crippen MR) is 70.1 cm³/mol. The molecule has 0 bridgehead atoms. The average Bonchev–Trinajstić information content (AvgIpc) is 2.43. The van der Waals surface area contributed by atoms with Gasteiger partial charge in [-0.25, -0.2) is 0 Å². The van der Waals surface area contributed by atoms with Crippen LogP contribution in [-0.4, -0.2) is 54.5 Å². The smallest absolute Gasteiger partial charge is 0.241 e. The van der Waals surface area contributed by atoms with Gasteiger partial charge >= 0.3 is 0 Å². The van der Waals surface area contributed by atoms with E-state index in [1.807, 2.05) is 23.1 Å². The van der Waals surface area contributed by atoms with Gasteiger partial charge in [-0.1, -0.05) is 30.3 Å². The molecule has 0 aliphatic carbocycles. The monoisotopic (exact) mass is 245 g/mol. The van der Waals surface area contributed by atoms with Crippen molar-refractivity contribution in [2.45, 2.75) is 12.6 Å². The van der Waals surface area contributed by atoms with Gasteiger partial charge in [-0.15, -0.1) is 0 Å². The summed E-state index contributed by atoms with van der Waals surface area (Å²) >= 11 is 0. The molecule has 0 radical (unpaired) electrons. The van der Waals surface area contributed by atoms with Crippen LogP contribution in [0, 0.1) is 0 Å². The van der Waals surface area contributed by atoms with Crippen molar-refractivity contribution in [3.63, 3.8) is 0 Å². The zero-order valence-electron chi connectivity index (χ0n) is 10.5. The molecule has 1 aromatic carbocycles. The van der Waals surface area contributed by atoms with E-state index in [-0.39, 0.29) is 11.9 Å². The van der Waals surface area contributed by atoms with Crippen LogP contribution in [0.1, 0.15) is 5.56 Å². The average molecular weight is 245 g/mol. The number of benzene rings is 1. The molecule has 1 N–H and O–H groups in total. The van der Waals surface area contributed by atoms with E-state index >= 15 is 0 Å². The highest BCUT2D eigenvalue weighted by atomic mass is 16.2. The second-order valence-electron chi connectivity index (χ2n) is 5.00. The number of hydrogen-bond donors (Lipinski definition) is 1. The van der Waals surface area contributed by atoms with E-state index in [1.54, 1.807) is 0 Å². The first-order valence-corrected chi connectivity index (χ1v) is 6.62. The minimum Gasteiger partial charge on any atom is -0.336 e. The van der Waals surface area contributed by atoms with Crippen LogP contribution >= 0.6 is 0 Å². The van der Waals surface area contributed by atoms with Gasteiger partial charge in [-0.3, -0.25) is 9.69 Å². The predicted octanol–water partition coefficient (Wildman–Crippen LogP) is 0.303. The molecule has 3 rings (SSSR count). The molecule has 0 spiro atoms. The van der Waals surface area contributed by atoms with E-state index in [2.05, 4.69) is 22.3 Å². The molecular formula is C14H19N3O. The summed E-state index contributed by atoms with van der Waals surface area (Å²) in [6.07, 6.45) is 0. The molecule has 4 heteroatoms. The molecule has 2 saturated heterocycles. The van der Waals surface area contributed by atoms with Gasteiger partial charge in [0.25, 0.3) is 0 Å². The number of rotatable bonds is 2. The van der Waals surface area contributed by atoms with Crippen LogP contribution in [0.3, 0.4) is 0 Å². The van der Waals surface area contributed by atoms with Gasteiger partial charge in [0.1, 0.15) is 6.04 Å². The normalized spacial score (nSPS) is 25.0. The molecule has 0 saturated carbocycles. The van der Waals surface area contributed by atoms with Crippen molar-refractivity contribution in [3.8, 4) is 0 Å². The van der Waals surface area contributed by atoms with Gasteiger partial charge in [0.15, 0.2) is 0 Å². The highest BCUT2D eigenvalue weighted by molar-refractivity contribution is 5.83. The van der Waals surface area contributed by atoms with Gasteiger partial charge in [0, 0.05) is 39.3 Å². The molecule has 0 aromatic heterocycles.